The molecule has 0 aromatic heterocycles. The van der Waals surface area contributed by atoms with Crippen molar-refractivity contribution >= 4 is 33.0 Å². The number of anilines is 2. The van der Waals surface area contributed by atoms with Gasteiger partial charge in [0.1, 0.15) is 0 Å². The Labute approximate surface area is 157 Å². The molecule has 0 radical (unpaired) electrons. The number of benzene rings is 2. The van der Waals surface area contributed by atoms with Gasteiger partial charge in [0.05, 0.1) is 16.4 Å². The van der Waals surface area contributed by atoms with E-state index >= 15 is 0 Å². The predicted molar refractivity (Wildman–Crippen MR) is 102 cm³/mol. The monoisotopic (exact) mass is 392 g/mol. The highest BCUT2D eigenvalue weighted by Crippen LogP contribution is 2.21. The molecule has 0 heterocycles. The van der Waals surface area contributed by atoms with Gasteiger partial charge in [-0.25, -0.2) is 12.7 Å². The molecule has 1 amide bonds. The van der Waals surface area contributed by atoms with Crippen LogP contribution >= 0.6 is 0 Å². The van der Waals surface area contributed by atoms with Crippen LogP contribution in [-0.4, -0.2) is 44.2 Å². The van der Waals surface area contributed by atoms with E-state index in [2.05, 4.69) is 10.6 Å². The summed E-state index contributed by atoms with van der Waals surface area (Å²) in [5.41, 5.74) is 1.63. The SMILES string of the molecule is Cc1ccc([N+](=O)[O-])cc1NCC(=O)Nc1ccc(S(=O)(=O)N(C)C)cc1. The highest BCUT2D eigenvalue weighted by molar-refractivity contribution is 7.89. The van der Waals surface area contributed by atoms with Crippen molar-refractivity contribution in [3.05, 3.63) is 58.1 Å². The fraction of sp³-hybridized carbons (Fsp3) is 0.235. The van der Waals surface area contributed by atoms with Crippen LogP contribution in [-0.2, 0) is 14.8 Å². The zero-order valence-electron chi connectivity index (χ0n) is 15.1. The average molecular weight is 392 g/mol. The molecule has 0 unspecified atom stereocenters. The molecule has 144 valence electrons. The van der Waals surface area contributed by atoms with Gasteiger partial charge in [0.15, 0.2) is 0 Å². The molecule has 0 fully saturated rings. The average Bonchev–Trinajstić information content (AvgIpc) is 2.61. The molecule has 2 aromatic carbocycles. The molecule has 0 saturated carbocycles. The number of amides is 1. The second kappa shape index (κ2) is 8.14. The summed E-state index contributed by atoms with van der Waals surface area (Å²) in [6, 6.07) is 10.2. The summed E-state index contributed by atoms with van der Waals surface area (Å²) in [4.78, 5) is 22.5. The van der Waals surface area contributed by atoms with Gasteiger partial charge in [-0.15, -0.1) is 0 Å². The number of rotatable bonds is 7. The lowest BCUT2D eigenvalue weighted by Gasteiger charge is -2.12. The van der Waals surface area contributed by atoms with E-state index in [-0.39, 0.29) is 23.0 Å². The van der Waals surface area contributed by atoms with Gasteiger partial charge < -0.3 is 10.6 Å². The number of hydrogen-bond donors (Lipinski definition) is 2. The maximum atomic E-state index is 12.1. The van der Waals surface area contributed by atoms with Crippen LogP contribution in [0.4, 0.5) is 17.1 Å². The molecule has 2 aromatic rings. The number of carbonyl (C=O) groups is 1. The predicted octanol–water partition coefficient (Wildman–Crippen LogP) is 2.20. The molecule has 0 bridgehead atoms. The van der Waals surface area contributed by atoms with Crippen LogP contribution in [0.5, 0.6) is 0 Å². The summed E-state index contributed by atoms with van der Waals surface area (Å²) in [5, 5.41) is 16.3. The fourth-order valence-electron chi connectivity index (χ4n) is 2.22. The van der Waals surface area contributed by atoms with Crippen molar-refractivity contribution in [3.8, 4) is 0 Å². The topological polar surface area (TPSA) is 122 Å². The van der Waals surface area contributed by atoms with Crippen molar-refractivity contribution in [1.82, 2.24) is 4.31 Å². The number of aryl methyl sites for hydroxylation is 1. The molecule has 0 aliphatic carbocycles. The van der Waals surface area contributed by atoms with E-state index < -0.39 is 14.9 Å². The van der Waals surface area contributed by atoms with E-state index in [1.54, 1.807) is 13.0 Å². The Bertz CT molecular complexity index is 956. The maximum Gasteiger partial charge on any atom is 0.271 e. The van der Waals surface area contributed by atoms with Crippen molar-refractivity contribution in [2.24, 2.45) is 0 Å². The molecular weight excluding hydrogens is 372 g/mol. The van der Waals surface area contributed by atoms with E-state index in [0.717, 1.165) is 9.87 Å². The number of nitrogens with zero attached hydrogens (tertiary/aromatic N) is 2. The Morgan fingerprint density at radius 3 is 2.33 bits per heavy atom. The second-order valence-electron chi connectivity index (χ2n) is 5.97. The lowest BCUT2D eigenvalue weighted by atomic mass is 10.2. The zero-order chi connectivity index (χ0) is 20.2. The Hall–Kier alpha value is -2.98. The second-order valence-corrected chi connectivity index (χ2v) is 8.12. The zero-order valence-corrected chi connectivity index (χ0v) is 15.9. The largest absolute Gasteiger partial charge is 0.376 e. The molecule has 0 spiro atoms. The quantitative estimate of drug-likeness (QED) is 0.550. The molecule has 0 atom stereocenters. The molecule has 0 aliphatic heterocycles. The molecule has 10 heteroatoms. The van der Waals surface area contributed by atoms with Gasteiger partial charge in [0.25, 0.3) is 5.69 Å². The number of nitro groups is 1. The number of non-ortho nitro benzene ring substituents is 1. The van der Waals surface area contributed by atoms with Crippen LogP contribution in [0.3, 0.4) is 0 Å². The van der Waals surface area contributed by atoms with Crippen LogP contribution in [0.1, 0.15) is 5.56 Å². The van der Waals surface area contributed by atoms with Crippen molar-refractivity contribution in [2.45, 2.75) is 11.8 Å². The maximum absolute atomic E-state index is 12.1. The molecule has 27 heavy (non-hydrogen) atoms. The van der Waals surface area contributed by atoms with Gasteiger partial charge in [0.2, 0.25) is 15.9 Å². The summed E-state index contributed by atoms with van der Waals surface area (Å²) < 4.78 is 25.1. The van der Waals surface area contributed by atoms with Crippen LogP contribution in [0.2, 0.25) is 0 Å². The minimum atomic E-state index is -3.53. The fourth-order valence-corrected chi connectivity index (χ4v) is 3.12. The Balaban J connectivity index is 2.01. The van der Waals surface area contributed by atoms with E-state index in [0.29, 0.717) is 11.4 Å². The highest BCUT2D eigenvalue weighted by atomic mass is 32.2. The number of hydrogen-bond acceptors (Lipinski definition) is 6. The summed E-state index contributed by atoms with van der Waals surface area (Å²) in [6.07, 6.45) is 0. The van der Waals surface area contributed by atoms with Crippen molar-refractivity contribution in [1.29, 1.82) is 0 Å². The third-order valence-corrected chi connectivity index (χ3v) is 5.62. The first-order chi connectivity index (χ1) is 12.6. The third-order valence-electron chi connectivity index (χ3n) is 3.79. The number of nitro benzene ring substituents is 1. The van der Waals surface area contributed by atoms with Gasteiger partial charge >= 0.3 is 0 Å². The number of nitrogens with one attached hydrogen (secondary N) is 2. The Kier molecular flexibility index (Phi) is 6.13. The van der Waals surface area contributed by atoms with E-state index in [1.807, 2.05) is 0 Å². The minimum Gasteiger partial charge on any atom is -0.376 e. The smallest absolute Gasteiger partial charge is 0.271 e. The first-order valence-electron chi connectivity index (χ1n) is 7.92. The molecular formula is C17H20N4O5S. The van der Waals surface area contributed by atoms with Gasteiger partial charge in [-0.1, -0.05) is 6.07 Å². The molecule has 9 nitrogen and oxygen atoms in total. The minimum absolute atomic E-state index is 0.0683. The lowest BCUT2D eigenvalue weighted by molar-refractivity contribution is -0.384. The summed E-state index contributed by atoms with van der Waals surface area (Å²) >= 11 is 0. The Morgan fingerprint density at radius 1 is 1.15 bits per heavy atom. The van der Waals surface area contributed by atoms with E-state index in [4.69, 9.17) is 0 Å². The first-order valence-corrected chi connectivity index (χ1v) is 9.36. The third kappa shape index (κ3) is 5.02. The van der Waals surface area contributed by atoms with Crippen molar-refractivity contribution in [2.75, 3.05) is 31.3 Å². The Morgan fingerprint density at radius 2 is 1.78 bits per heavy atom. The summed E-state index contributed by atoms with van der Waals surface area (Å²) in [7, 11) is -0.657. The lowest BCUT2D eigenvalue weighted by Crippen LogP contribution is -2.23. The normalized spacial score (nSPS) is 11.3. The first kappa shape index (κ1) is 20.3. The van der Waals surface area contributed by atoms with Crippen LogP contribution in [0.25, 0.3) is 0 Å². The van der Waals surface area contributed by atoms with Crippen LogP contribution < -0.4 is 10.6 Å². The molecule has 0 saturated heterocycles. The highest BCUT2D eigenvalue weighted by Gasteiger charge is 2.16. The van der Waals surface area contributed by atoms with E-state index in [9.17, 15) is 23.3 Å². The molecule has 2 N–H and O–H groups in total. The summed E-state index contributed by atoms with van der Waals surface area (Å²) in [6.45, 7) is 1.67. The summed E-state index contributed by atoms with van der Waals surface area (Å²) in [5.74, 6) is -0.371. The number of sulfonamides is 1. The van der Waals surface area contributed by atoms with Crippen molar-refractivity contribution in [3.63, 3.8) is 0 Å². The van der Waals surface area contributed by atoms with Gasteiger partial charge in [-0.05, 0) is 36.8 Å². The standard InChI is InChI=1S/C17H20N4O5S/c1-12-4-7-14(21(23)24)10-16(12)18-11-17(22)19-13-5-8-15(9-6-13)27(25,26)20(2)3/h4-10,18H,11H2,1-3H3,(H,19,22). The number of carbonyl (C=O) groups excluding carboxylic acids is 1. The van der Waals surface area contributed by atoms with Crippen LogP contribution in [0, 0.1) is 17.0 Å². The van der Waals surface area contributed by atoms with Gasteiger partial charge in [-0.3, -0.25) is 14.9 Å². The molecule has 2 rings (SSSR count). The molecule has 0 aliphatic rings. The van der Waals surface area contributed by atoms with E-state index in [1.165, 1.54) is 50.5 Å². The van der Waals surface area contributed by atoms with Gasteiger partial charge in [-0.2, -0.15) is 0 Å². The van der Waals surface area contributed by atoms with Gasteiger partial charge in [0, 0.05) is 37.6 Å². The van der Waals surface area contributed by atoms with Crippen LogP contribution in [0.15, 0.2) is 47.4 Å². The van der Waals surface area contributed by atoms with Crippen molar-refractivity contribution < 1.29 is 18.1 Å².